The van der Waals surface area contributed by atoms with Crippen LogP contribution in [-0.4, -0.2) is 62.1 Å². The molecule has 3 aromatic heterocycles. The van der Waals surface area contributed by atoms with Gasteiger partial charge in [0.1, 0.15) is 43.2 Å². The molecule has 0 bridgehead atoms. The molecule has 3 N–H and O–H groups in total. The standard InChI is InChI=1S/C22H21N7O5S2/c1-11-4-3-5-27-6-7-28(18(11)27)8-12-9-35-20-15(19(31)29(20)16(12)21(32)33)25-17(30)14(26-34-2)13-10-36-22(23)24-13/h3-7,10,15,20H,8-9H2,1-2H3,(H3-,23,24,25,30,32,33)/b26-14-/t15-,20+/m1/s1. The van der Waals surface area contributed by atoms with Crippen molar-refractivity contribution in [3.63, 3.8) is 0 Å². The van der Waals surface area contributed by atoms with Gasteiger partial charge in [0.25, 0.3) is 17.5 Å². The van der Waals surface area contributed by atoms with Crippen LogP contribution in [0.4, 0.5) is 5.13 Å². The number of fused-ring (bicyclic) bond motifs is 2. The van der Waals surface area contributed by atoms with Gasteiger partial charge in [-0.05, 0) is 19.1 Å². The SMILES string of the molecule is CO/N=C(\C(=O)N[C@@H]1C(=O)N2C(C(=O)[O-])=C(C[n+]3ccn4cccc(C)c43)CS[C@@H]12)c1csc(N)n1. The second kappa shape index (κ2) is 9.28. The minimum atomic E-state index is -1.44. The van der Waals surface area contributed by atoms with Crippen molar-refractivity contribution < 1.29 is 28.9 Å². The van der Waals surface area contributed by atoms with Crippen molar-refractivity contribution in [2.24, 2.45) is 5.16 Å². The van der Waals surface area contributed by atoms with Crippen molar-refractivity contribution in [1.29, 1.82) is 0 Å². The molecule has 12 nitrogen and oxygen atoms in total. The van der Waals surface area contributed by atoms with Crippen molar-refractivity contribution in [2.75, 3.05) is 18.6 Å². The van der Waals surface area contributed by atoms with Crippen molar-refractivity contribution in [2.45, 2.75) is 24.9 Å². The lowest BCUT2D eigenvalue weighted by molar-refractivity contribution is -0.662. The molecule has 1 fully saturated rings. The Kier molecular flexibility index (Phi) is 6.14. The number of carboxylic acids is 1. The number of aromatic nitrogens is 3. The van der Waals surface area contributed by atoms with Crippen LogP contribution < -0.4 is 20.7 Å². The molecule has 186 valence electrons. The third-order valence-electron chi connectivity index (χ3n) is 5.92. The molecule has 1 saturated heterocycles. The van der Waals surface area contributed by atoms with Crippen molar-refractivity contribution in [1.82, 2.24) is 19.6 Å². The molecule has 0 unspecified atom stereocenters. The number of amides is 2. The van der Waals surface area contributed by atoms with E-state index in [0.29, 0.717) is 11.3 Å². The molecule has 0 saturated carbocycles. The number of hydrogen-bond acceptors (Lipinski definition) is 10. The van der Waals surface area contributed by atoms with Gasteiger partial charge >= 0.3 is 0 Å². The van der Waals surface area contributed by atoms with Gasteiger partial charge in [0.15, 0.2) is 10.8 Å². The Hall–Kier alpha value is -3.91. The highest BCUT2D eigenvalue weighted by molar-refractivity contribution is 8.00. The van der Waals surface area contributed by atoms with Crippen LogP contribution in [-0.2, 0) is 25.8 Å². The number of nitrogen functional groups attached to an aromatic ring is 1. The number of nitrogens with zero attached hydrogens (tertiary/aromatic N) is 5. The maximum Gasteiger partial charge on any atom is 0.289 e. The Balaban J connectivity index is 1.38. The molecule has 2 atom stereocenters. The molecule has 0 aliphatic carbocycles. The summed E-state index contributed by atoms with van der Waals surface area (Å²) < 4.78 is 3.88. The Morgan fingerprint density at radius 1 is 1.42 bits per heavy atom. The monoisotopic (exact) mass is 527 g/mol. The second-order valence-corrected chi connectivity index (χ2v) is 10.1. The van der Waals surface area contributed by atoms with E-state index in [1.54, 1.807) is 5.38 Å². The number of oxime groups is 1. The normalized spacial score (nSPS) is 19.8. The number of rotatable bonds is 7. The Morgan fingerprint density at radius 2 is 2.22 bits per heavy atom. The van der Waals surface area contributed by atoms with E-state index in [-0.39, 0.29) is 28.8 Å². The Labute approximate surface area is 213 Å². The molecule has 36 heavy (non-hydrogen) atoms. The number of imidazole rings is 1. The van der Waals surface area contributed by atoms with Gasteiger partial charge in [0, 0.05) is 22.3 Å². The van der Waals surface area contributed by atoms with Crippen LogP contribution in [0.1, 0.15) is 11.3 Å². The molecule has 2 amide bonds. The van der Waals surface area contributed by atoms with Gasteiger partial charge in [-0.15, -0.1) is 23.1 Å². The van der Waals surface area contributed by atoms with Crippen LogP contribution in [0, 0.1) is 6.92 Å². The topological polar surface area (TPSA) is 158 Å². The number of anilines is 1. The van der Waals surface area contributed by atoms with E-state index < -0.39 is 29.2 Å². The third kappa shape index (κ3) is 3.97. The molecule has 3 aromatic rings. The van der Waals surface area contributed by atoms with E-state index in [9.17, 15) is 19.5 Å². The summed E-state index contributed by atoms with van der Waals surface area (Å²) in [5.74, 6) is -2.32. The van der Waals surface area contributed by atoms with Gasteiger partial charge in [-0.25, -0.2) is 14.0 Å². The number of thiazole rings is 1. The Morgan fingerprint density at radius 3 is 2.92 bits per heavy atom. The van der Waals surface area contributed by atoms with E-state index in [0.717, 1.165) is 22.5 Å². The molecule has 2 aliphatic rings. The van der Waals surface area contributed by atoms with Gasteiger partial charge in [0.2, 0.25) is 0 Å². The highest BCUT2D eigenvalue weighted by Gasteiger charge is 2.53. The van der Waals surface area contributed by atoms with E-state index >= 15 is 0 Å². The molecule has 0 radical (unpaired) electrons. The smallest absolute Gasteiger partial charge is 0.289 e. The van der Waals surface area contributed by atoms with Crippen LogP contribution in [0.3, 0.4) is 0 Å². The molecule has 2 aliphatic heterocycles. The van der Waals surface area contributed by atoms with E-state index in [4.69, 9.17) is 10.6 Å². The number of pyridine rings is 1. The first kappa shape index (κ1) is 23.8. The summed E-state index contributed by atoms with van der Waals surface area (Å²) >= 11 is 2.50. The maximum atomic E-state index is 13.0. The first-order valence-electron chi connectivity index (χ1n) is 10.8. The number of carboxylic acid groups (broad SMARTS) is 1. The van der Waals surface area contributed by atoms with Gasteiger partial charge in [-0.3, -0.25) is 14.5 Å². The number of aryl methyl sites for hydroxylation is 1. The number of nitrogens with one attached hydrogen (secondary N) is 1. The fourth-order valence-corrected chi connectivity index (χ4v) is 6.26. The van der Waals surface area contributed by atoms with Crippen molar-refractivity contribution >= 4 is 57.4 Å². The second-order valence-electron chi connectivity index (χ2n) is 8.14. The zero-order valence-electron chi connectivity index (χ0n) is 19.2. The van der Waals surface area contributed by atoms with Crippen LogP contribution in [0.25, 0.3) is 5.65 Å². The van der Waals surface area contributed by atoms with Gasteiger partial charge in [-0.2, -0.15) is 0 Å². The van der Waals surface area contributed by atoms with Crippen LogP contribution in [0.2, 0.25) is 0 Å². The number of nitrogens with two attached hydrogens (primary N) is 1. The predicted molar refractivity (Wildman–Crippen MR) is 129 cm³/mol. The molecule has 0 spiro atoms. The van der Waals surface area contributed by atoms with E-state index in [1.807, 2.05) is 46.6 Å². The maximum absolute atomic E-state index is 13.0. The van der Waals surface area contributed by atoms with Crippen molar-refractivity contribution in [3.8, 4) is 0 Å². The molecular weight excluding hydrogens is 506 g/mol. The first-order chi connectivity index (χ1) is 17.3. The largest absolute Gasteiger partial charge is 0.543 e. The molecule has 5 heterocycles. The summed E-state index contributed by atoms with van der Waals surface area (Å²) in [7, 11) is 1.28. The summed E-state index contributed by atoms with van der Waals surface area (Å²) in [6.07, 6.45) is 5.66. The minimum absolute atomic E-state index is 0.138. The van der Waals surface area contributed by atoms with Crippen LogP contribution in [0.15, 0.2) is 52.5 Å². The number of thioether (sulfide) groups is 1. The number of β-lactam (4-membered cyclic amide) rings is 1. The van der Waals surface area contributed by atoms with E-state index in [2.05, 4.69) is 15.5 Å². The van der Waals surface area contributed by atoms with Gasteiger partial charge in [-0.1, -0.05) is 5.16 Å². The minimum Gasteiger partial charge on any atom is -0.543 e. The lowest BCUT2D eigenvalue weighted by Crippen LogP contribution is -2.71. The third-order valence-corrected chi connectivity index (χ3v) is 7.93. The average Bonchev–Trinajstić information content (AvgIpc) is 3.47. The zero-order chi connectivity index (χ0) is 25.6. The number of hydrogen-bond donors (Lipinski definition) is 2. The summed E-state index contributed by atoms with van der Waals surface area (Å²) in [4.78, 5) is 48.0. The lowest BCUT2D eigenvalue weighted by atomic mass is 10.0. The molecule has 14 heteroatoms. The summed E-state index contributed by atoms with van der Waals surface area (Å²) in [5, 5.41) is 19.7. The predicted octanol–water partition coefficient (Wildman–Crippen LogP) is -0.971. The lowest BCUT2D eigenvalue weighted by Gasteiger charge is -2.50. The highest BCUT2D eigenvalue weighted by Crippen LogP contribution is 2.40. The zero-order valence-corrected chi connectivity index (χ0v) is 20.8. The quantitative estimate of drug-likeness (QED) is 0.172. The van der Waals surface area contributed by atoms with Crippen molar-refractivity contribution in [3.05, 3.63) is 58.6 Å². The Bertz CT molecular complexity index is 1460. The molecular formula is C22H21N7O5S2. The van der Waals surface area contributed by atoms with E-state index in [1.165, 1.54) is 23.8 Å². The average molecular weight is 528 g/mol. The first-order valence-corrected chi connectivity index (χ1v) is 12.7. The fraction of sp³-hybridized carbons (Fsp3) is 0.273. The number of aliphatic carboxylic acids is 1. The summed E-state index contributed by atoms with van der Waals surface area (Å²) in [5.41, 5.74) is 8.06. The number of carbonyl (C=O) groups excluding carboxylic acids is 3. The van der Waals surface area contributed by atoms with Crippen LogP contribution >= 0.6 is 23.1 Å². The highest BCUT2D eigenvalue weighted by atomic mass is 32.2. The summed E-state index contributed by atoms with van der Waals surface area (Å²) in [6, 6.07) is 2.96. The number of carbonyl (C=O) groups is 3. The molecule has 5 rings (SSSR count). The van der Waals surface area contributed by atoms with Gasteiger partial charge < -0.3 is 25.8 Å². The summed E-state index contributed by atoms with van der Waals surface area (Å²) in [6.45, 7) is 2.25. The fourth-order valence-electron chi connectivity index (χ4n) is 4.38. The molecule has 0 aromatic carbocycles. The van der Waals surface area contributed by atoms with Gasteiger partial charge in [0.05, 0.1) is 17.9 Å². The van der Waals surface area contributed by atoms with Crippen LogP contribution in [0.5, 0.6) is 0 Å².